The Kier molecular flexibility index (Phi) is 9.48. The van der Waals surface area contributed by atoms with Gasteiger partial charge in [0.25, 0.3) is 0 Å². The molecule has 0 bridgehead atoms. The molecule has 0 nitrogen and oxygen atoms in total. The van der Waals surface area contributed by atoms with Gasteiger partial charge in [0.1, 0.15) is 0 Å². The smallest absolute Gasteiger partial charge is 0.0339 e. The summed E-state index contributed by atoms with van der Waals surface area (Å²) in [5.74, 6) is 0.971. The zero-order valence-electron chi connectivity index (χ0n) is 11.5. The van der Waals surface area contributed by atoms with Crippen LogP contribution in [0.2, 0.25) is 0 Å². The van der Waals surface area contributed by atoms with E-state index in [1.165, 1.54) is 48.5 Å². The van der Waals surface area contributed by atoms with Crippen LogP contribution < -0.4 is 0 Å². The fourth-order valence-corrected chi connectivity index (χ4v) is 3.59. The second-order valence-corrected chi connectivity index (χ2v) is 7.21. The van der Waals surface area contributed by atoms with E-state index in [1.54, 1.807) is 0 Å². The van der Waals surface area contributed by atoms with Crippen molar-refractivity contribution in [3.8, 4) is 0 Å². The molecule has 0 heterocycles. The number of alkyl halides is 1. The van der Waals surface area contributed by atoms with E-state index in [4.69, 9.17) is 11.6 Å². The third-order valence-corrected chi connectivity index (χ3v) is 4.99. The van der Waals surface area contributed by atoms with Crippen molar-refractivity contribution < 1.29 is 0 Å². The molecule has 1 atom stereocenters. The molecule has 1 aliphatic rings. The molecule has 1 rings (SSSR count). The molecule has 0 aromatic rings. The Hall–Kier alpha value is 0.500. The summed E-state index contributed by atoms with van der Waals surface area (Å²) in [6.07, 6.45) is 18.6. The molecule has 1 saturated carbocycles. The lowest BCUT2D eigenvalue weighted by atomic mass is 9.85. The second-order valence-electron chi connectivity index (χ2n) is 5.35. The zero-order chi connectivity index (χ0) is 13.2. The summed E-state index contributed by atoms with van der Waals surface area (Å²) in [4.78, 5) is 0. The van der Waals surface area contributed by atoms with Crippen LogP contribution in [0.25, 0.3) is 0 Å². The maximum atomic E-state index is 6.41. The fraction of sp³-hybridized carbons (Fsp3) is 0.750. The first-order valence-corrected chi connectivity index (χ1v) is 8.86. The minimum absolute atomic E-state index is 0.373. The molecule has 1 unspecified atom stereocenters. The molecule has 0 radical (unpaired) electrons. The van der Waals surface area contributed by atoms with Gasteiger partial charge in [0.2, 0.25) is 0 Å². The summed E-state index contributed by atoms with van der Waals surface area (Å²) in [5.41, 5.74) is 0. The van der Waals surface area contributed by atoms with Crippen LogP contribution in [0.1, 0.15) is 64.7 Å². The molecule has 104 valence electrons. The lowest BCUT2D eigenvalue weighted by Gasteiger charge is -2.22. The predicted molar refractivity (Wildman–Crippen MR) is 91.6 cm³/mol. The quantitative estimate of drug-likeness (QED) is 0.264. The topological polar surface area (TPSA) is 0 Å². The zero-order valence-corrected chi connectivity index (χ0v) is 14.4. The standard InChI is InChI=1S/C16H26ClI/c1-2-7-16(18)11-6-10-15(17)13-12-14-8-4-3-5-9-14/h2,7,11,14-15H,3-6,8-10,12-13H2,1H3/b7-2-,16-11+. The van der Waals surface area contributed by atoms with Crippen LogP contribution in [0.5, 0.6) is 0 Å². The van der Waals surface area contributed by atoms with Gasteiger partial charge in [-0.05, 0) is 61.1 Å². The van der Waals surface area contributed by atoms with Crippen LogP contribution in [-0.2, 0) is 0 Å². The van der Waals surface area contributed by atoms with Gasteiger partial charge < -0.3 is 0 Å². The maximum Gasteiger partial charge on any atom is 0.0339 e. The van der Waals surface area contributed by atoms with E-state index in [9.17, 15) is 0 Å². The number of allylic oxidation sites excluding steroid dienone is 4. The average Bonchev–Trinajstić information content (AvgIpc) is 2.38. The molecule has 1 aliphatic carbocycles. The van der Waals surface area contributed by atoms with Crippen LogP contribution in [-0.4, -0.2) is 5.38 Å². The summed E-state index contributed by atoms with van der Waals surface area (Å²) >= 11 is 8.79. The third-order valence-electron chi connectivity index (χ3n) is 3.76. The van der Waals surface area contributed by atoms with Gasteiger partial charge in [-0.1, -0.05) is 50.3 Å². The molecule has 2 heteroatoms. The number of hydrogen-bond donors (Lipinski definition) is 0. The average molecular weight is 381 g/mol. The first-order chi connectivity index (χ1) is 8.72. The SMILES string of the molecule is C/C=C\C(I)=C/CCC(Cl)CCC1CCCCC1. The Morgan fingerprint density at radius 1 is 1.28 bits per heavy atom. The van der Waals surface area contributed by atoms with Gasteiger partial charge in [0.05, 0.1) is 0 Å². The van der Waals surface area contributed by atoms with Gasteiger partial charge in [-0.2, -0.15) is 0 Å². The summed E-state index contributed by atoms with van der Waals surface area (Å²) in [6.45, 7) is 2.06. The molecule has 0 N–H and O–H groups in total. The van der Waals surface area contributed by atoms with Crippen LogP contribution in [0.3, 0.4) is 0 Å². The van der Waals surface area contributed by atoms with Crippen molar-refractivity contribution in [2.45, 2.75) is 70.1 Å². The summed E-state index contributed by atoms with van der Waals surface area (Å²) in [5, 5.41) is 0.373. The molecule has 0 saturated heterocycles. The molecule has 0 amide bonds. The molecule has 0 aliphatic heterocycles. The van der Waals surface area contributed by atoms with E-state index in [0.717, 1.165) is 18.8 Å². The number of rotatable bonds is 7. The highest BCUT2D eigenvalue weighted by molar-refractivity contribution is 14.1. The lowest BCUT2D eigenvalue weighted by molar-refractivity contribution is 0.329. The van der Waals surface area contributed by atoms with Crippen molar-refractivity contribution in [3.05, 3.63) is 21.8 Å². The van der Waals surface area contributed by atoms with Crippen molar-refractivity contribution in [1.82, 2.24) is 0 Å². The van der Waals surface area contributed by atoms with Crippen molar-refractivity contribution in [3.63, 3.8) is 0 Å². The molecular formula is C16H26ClI. The van der Waals surface area contributed by atoms with E-state index in [2.05, 4.69) is 47.7 Å². The van der Waals surface area contributed by atoms with Gasteiger partial charge >= 0.3 is 0 Å². The minimum Gasteiger partial charge on any atom is -0.123 e. The summed E-state index contributed by atoms with van der Waals surface area (Å²) in [6, 6.07) is 0. The number of halogens is 2. The van der Waals surface area contributed by atoms with Crippen LogP contribution in [0, 0.1) is 5.92 Å². The first kappa shape index (κ1) is 16.6. The Bertz CT molecular complexity index is 264. The number of hydrogen-bond acceptors (Lipinski definition) is 0. The minimum atomic E-state index is 0.373. The lowest BCUT2D eigenvalue weighted by Crippen LogP contribution is -2.09. The van der Waals surface area contributed by atoms with E-state index in [0.29, 0.717) is 5.38 Å². The Labute approximate surface area is 131 Å². The van der Waals surface area contributed by atoms with Gasteiger partial charge in [0, 0.05) is 8.96 Å². The van der Waals surface area contributed by atoms with E-state index >= 15 is 0 Å². The maximum absolute atomic E-state index is 6.41. The highest BCUT2D eigenvalue weighted by Crippen LogP contribution is 2.29. The molecule has 0 spiro atoms. The Morgan fingerprint density at radius 3 is 2.67 bits per heavy atom. The first-order valence-electron chi connectivity index (χ1n) is 7.34. The Morgan fingerprint density at radius 2 is 2.00 bits per heavy atom. The van der Waals surface area contributed by atoms with Gasteiger partial charge in [0.15, 0.2) is 0 Å². The molecular weight excluding hydrogens is 355 g/mol. The normalized spacial score (nSPS) is 20.5. The van der Waals surface area contributed by atoms with E-state index < -0.39 is 0 Å². The molecule has 0 aromatic heterocycles. The van der Waals surface area contributed by atoms with Gasteiger partial charge in [-0.25, -0.2) is 0 Å². The van der Waals surface area contributed by atoms with Crippen LogP contribution in [0.4, 0.5) is 0 Å². The predicted octanol–water partition coefficient (Wildman–Crippen LogP) is 6.63. The van der Waals surface area contributed by atoms with Crippen molar-refractivity contribution in [2.24, 2.45) is 5.92 Å². The second kappa shape index (κ2) is 10.3. The summed E-state index contributed by atoms with van der Waals surface area (Å²) in [7, 11) is 0. The molecule has 0 aromatic carbocycles. The largest absolute Gasteiger partial charge is 0.123 e. The molecule has 18 heavy (non-hydrogen) atoms. The summed E-state index contributed by atoms with van der Waals surface area (Å²) < 4.78 is 1.33. The highest BCUT2D eigenvalue weighted by Gasteiger charge is 2.14. The fourth-order valence-electron chi connectivity index (χ4n) is 2.67. The van der Waals surface area contributed by atoms with Crippen molar-refractivity contribution in [1.29, 1.82) is 0 Å². The third kappa shape index (κ3) is 7.83. The Balaban J connectivity index is 2.09. The van der Waals surface area contributed by atoms with Gasteiger partial charge in [-0.15, -0.1) is 11.6 Å². The van der Waals surface area contributed by atoms with Gasteiger partial charge in [-0.3, -0.25) is 0 Å². The molecule has 1 fully saturated rings. The highest BCUT2D eigenvalue weighted by atomic mass is 127. The monoisotopic (exact) mass is 380 g/mol. The van der Waals surface area contributed by atoms with Crippen molar-refractivity contribution >= 4 is 34.2 Å². The van der Waals surface area contributed by atoms with Crippen LogP contribution >= 0.6 is 34.2 Å². The van der Waals surface area contributed by atoms with E-state index in [-0.39, 0.29) is 0 Å². The van der Waals surface area contributed by atoms with Crippen LogP contribution in [0.15, 0.2) is 21.8 Å². The van der Waals surface area contributed by atoms with Crippen molar-refractivity contribution in [2.75, 3.05) is 0 Å². The van der Waals surface area contributed by atoms with E-state index in [1.807, 2.05) is 0 Å².